The van der Waals surface area contributed by atoms with Crippen molar-refractivity contribution < 1.29 is 19.0 Å². The second-order valence-corrected chi connectivity index (χ2v) is 6.51. The highest BCUT2D eigenvalue weighted by molar-refractivity contribution is 5.68. The maximum atomic E-state index is 12.3. The van der Waals surface area contributed by atoms with Gasteiger partial charge in [-0.15, -0.1) is 0 Å². The fourth-order valence-electron chi connectivity index (χ4n) is 2.66. The average molecular weight is 322 g/mol. The van der Waals surface area contributed by atoms with E-state index in [1.165, 1.54) is 0 Å². The van der Waals surface area contributed by atoms with Crippen LogP contribution in [0, 0.1) is 0 Å². The summed E-state index contributed by atoms with van der Waals surface area (Å²) < 4.78 is 16.4. The first-order valence-corrected chi connectivity index (χ1v) is 7.78. The molecule has 6 nitrogen and oxygen atoms in total. The average Bonchev–Trinajstić information content (AvgIpc) is 2.52. The predicted molar refractivity (Wildman–Crippen MR) is 88.1 cm³/mol. The Morgan fingerprint density at radius 3 is 2.35 bits per heavy atom. The summed E-state index contributed by atoms with van der Waals surface area (Å²) in [5.41, 5.74) is 0.422. The number of piperazine rings is 1. The zero-order chi connectivity index (χ0) is 17.0. The van der Waals surface area contributed by atoms with Crippen LogP contribution in [0.25, 0.3) is 0 Å². The van der Waals surface area contributed by atoms with Crippen LogP contribution in [0.3, 0.4) is 0 Å². The molecule has 0 spiro atoms. The van der Waals surface area contributed by atoms with E-state index in [-0.39, 0.29) is 12.1 Å². The third-order valence-electron chi connectivity index (χ3n) is 3.64. The van der Waals surface area contributed by atoms with E-state index in [1.807, 2.05) is 39.0 Å². The van der Waals surface area contributed by atoms with E-state index in [2.05, 4.69) is 5.32 Å². The number of nitrogens with zero attached hydrogens (tertiary/aromatic N) is 1. The molecular formula is C17H26N2O4. The number of nitrogens with one attached hydrogen (secondary N) is 1. The zero-order valence-electron chi connectivity index (χ0n) is 14.5. The van der Waals surface area contributed by atoms with Crippen LogP contribution >= 0.6 is 0 Å². The Bertz CT molecular complexity index is 532. The number of methoxy groups -OCH3 is 2. The van der Waals surface area contributed by atoms with Gasteiger partial charge in [-0.3, -0.25) is 0 Å². The highest BCUT2D eigenvalue weighted by Crippen LogP contribution is 2.35. The molecule has 1 aliphatic heterocycles. The van der Waals surface area contributed by atoms with Crippen molar-refractivity contribution in [1.29, 1.82) is 0 Å². The molecule has 1 N–H and O–H groups in total. The highest BCUT2D eigenvalue weighted by Gasteiger charge is 2.30. The summed E-state index contributed by atoms with van der Waals surface area (Å²) in [7, 11) is 3.26. The van der Waals surface area contributed by atoms with Gasteiger partial charge in [-0.2, -0.15) is 0 Å². The molecule has 1 heterocycles. The summed E-state index contributed by atoms with van der Waals surface area (Å²) >= 11 is 0. The van der Waals surface area contributed by atoms with Crippen LogP contribution < -0.4 is 14.8 Å². The molecule has 1 saturated heterocycles. The number of carbonyl (C=O) groups is 1. The molecule has 1 fully saturated rings. The third kappa shape index (κ3) is 4.28. The molecule has 0 saturated carbocycles. The second-order valence-electron chi connectivity index (χ2n) is 6.51. The van der Waals surface area contributed by atoms with Crippen LogP contribution in [0.1, 0.15) is 32.4 Å². The quantitative estimate of drug-likeness (QED) is 0.927. The third-order valence-corrected chi connectivity index (χ3v) is 3.64. The minimum atomic E-state index is -0.500. The van der Waals surface area contributed by atoms with E-state index >= 15 is 0 Å². The molecule has 0 radical (unpaired) electrons. The summed E-state index contributed by atoms with van der Waals surface area (Å²) in [6.45, 7) is 7.41. The van der Waals surface area contributed by atoms with Gasteiger partial charge in [0.05, 0.1) is 25.8 Å². The highest BCUT2D eigenvalue weighted by atomic mass is 16.6. The Labute approximate surface area is 137 Å². The maximum Gasteiger partial charge on any atom is 0.410 e. The molecule has 6 heteroatoms. The molecule has 1 aliphatic rings. The number of hydrogen-bond donors (Lipinski definition) is 1. The Hall–Kier alpha value is -1.95. The van der Waals surface area contributed by atoms with Gasteiger partial charge < -0.3 is 24.4 Å². The maximum absolute atomic E-state index is 12.3. The second kappa shape index (κ2) is 7.08. The molecule has 0 aromatic heterocycles. The van der Waals surface area contributed by atoms with Crippen molar-refractivity contribution in [3.63, 3.8) is 0 Å². The Balaban J connectivity index is 2.20. The van der Waals surface area contributed by atoms with Gasteiger partial charge in [0, 0.05) is 19.6 Å². The molecule has 1 unspecified atom stereocenters. The summed E-state index contributed by atoms with van der Waals surface area (Å²) in [5, 5.41) is 3.42. The van der Waals surface area contributed by atoms with Gasteiger partial charge in [-0.1, -0.05) is 6.07 Å². The van der Waals surface area contributed by atoms with Crippen LogP contribution in [0.2, 0.25) is 0 Å². The first kappa shape index (κ1) is 17.4. The fourth-order valence-corrected chi connectivity index (χ4v) is 2.66. The lowest BCUT2D eigenvalue weighted by atomic mass is 10.0. The van der Waals surface area contributed by atoms with E-state index in [1.54, 1.807) is 19.1 Å². The van der Waals surface area contributed by atoms with Crippen LogP contribution in [0.5, 0.6) is 11.5 Å². The first-order chi connectivity index (χ1) is 10.9. The van der Waals surface area contributed by atoms with E-state index in [0.717, 1.165) is 17.1 Å². The molecule has 1 aromatic carbocycles. The number of ether oxygens (including phenoxy) is 3. The van der Waals surface area contributed by atoms with Gasteiger partial charge in [-0.25, -0.2) is 4.79 Å². The lowest BCUT2D eigenvalue weighted by molar-refractivity contribution is 0.0193. The van der Waals surface area contributed by atoms with Gasteiger partial charge in [0.1, 0.15) is 17.1 Å². The van der Waals surface area contributed by atoms with Crippen LogP contribution in [0.15, 0.2) is 18.2 Å². The van der Waals surface area contributed by atoms with E-state index in [9.17, 15) is 4.79 Å². The topological polar surface area (TPSA) is 60.0 Å². The molecule has 0 bridgehead atoms. The van der Waals surface area contributed by atoms with Gasteiger partial charge in [0.25, 0.3) is 0 Å². The van der Waals surface area contributed by atoms with Crippen molar-refractivity contribution >= 4 is 6.09 Å². The predicted octanol–water partition coefficient (Wildman–Crippen LogP) is 2.59. The number of hydrogen-bond acceptors (Lipinski definition) is 5. The number of benzene rings is 1. The van der Waals surface area contributed by atoms with Crippen molar-refractivity contribution in [2.24, 2.45) is 0 Å². The molecule has 1 amide bonds. The van der Waals surface area contributed by atoms with Gasteiger partial charge in [0.15, 0.2) is 0 Å². The fraction of sp³-hybridized carbons (Fsp3) is 0.588. The van der Waals surface area contributed by atoms with Gasteiger partial charge >= 0.3 is 6.09 Å². The van der Waals surface area contributed by atoms with E-state index in [4.69, 9.17) is 14.2 Å². The van der Waals surface area contributed by atoms with Crippen molar-refractivity contribution in [2.45, 2.75) is 32.4 Å². The minimum absolute atomic E-state index is 0.0673. The molecule has 1 atom stereocenters. The van der Waals surface area contributed by atoms with Crippen molar-refractivity contribution in [1.82, 2.24) is 10.2 Å². The van der Waals surface area contributed by atoms with Crippen LogP contribution in [0.4, 0.5) is 4.79 Å². The smallest absolute Gasteiger partial charge is 0.410 e. The summed E-state index contributed by atoms with van der Waals surface area (Å²) in [5.74, 6) is 1.49. The standard InChI is InChI=1S/C17H26N2O4/c1-17(2,3)23-16(20)19-10-9-18-12(11-19)15-13(21-4)7-6-8-14(15)22-5/h6-8,12,18H,9-11H2,1-5H3. The van der Waals surface area contributed by atoms with Crippen molar-refractivity contribution in [3.8, 4) is 11.5 Å². The minimum Gasteiger partial charge on any atom is -0.496 e. The van der Waals surface area contributed by atoms with Crippen LogP contribution in [-0.4, -0.2) is 50.4 Å². The summed E-state index contributed by atoms with van der Waals surface area (Å²) in [6, 6.07) is 5.61. The number of rotatable bonds is 3. The number of carbonyl (C=O) groups excluding carboxylic acids is 1. The monoisotopic (exact) mass is 322 g/mol. The van der Waals surface area contributed by atoms with E-state index < -0.39 is 5.60 Å². The number of amides is 1. The Morgan fingerprint density at radius 1 is 1.22 bits per heavy atom. The SMILES string of the molecule is COc1cccc(OC)c1C1CN(C(=O)OC(C)(C)C)CCN1. The lowest BCUT2D eigenvalue weighted by Crippen LogP contribution is -2.49. The Kier molecular flexibility index (Phi) is 5.36. The normalized spacial score (nSPS) is 18.5. The van der Waals surface area contributed by atoms with Crippen LogP contribution in [-0.2, 0) is 4.74 Å². The molecule has 0 aliphatic carbocycles. The molecule has 1 aromatic rings. The van der Waals surface area contributed by atoms with Crippen molar-refractivity contribution in [3.05, 3.63) is 23.8 Å². The molecule has 23 heavy (non-hydrogen) atoms. The van der Waals surface area contributed by atoms with Gasteiger partial charge in [0.2, 0.25) is 0 Å². The van der Waals surface area contributed by atoms with E-state index in [0.29, 0.717) is 19.6 Å². The summed E-state index contributed by atoms with van der Waals surface area (Å²) in [4.78, 5) is 14.0. The largest absolute Gasteiger partial charge is 0.496 e. The molecular weight excluding hydrogens is 296 g/mol. The zero-order valence-corrected chi connectivity index (χ0v) is 14.5. The molecule has 128 valence electrons. The van der Waals surface area contributed by atoms with Crippen molar-refractivity contribution in [2.75, 3.05) is 33.9 Å². The Morgan fingerprint density at radius 2 is 1.83 bits per heavy atom. The summed E-state index contributed by atoms with van der Waals surface area (Å²) in [6.07, 6.45) is -0.294. The first-order valence-electron chi connectivity index (χ1n) is 7.78. The molecule has 2 rings (SSSR count). The lowest BCUT2D eigenvalue weighted by Gasteiger charge is -2.35. The van der Waals surface area contributed by atoms with Gasteiger partial charge in [-0.05, 0) is 32.9 Å².